The van der Waals surface area contributed by atoms with Crippen molar-refractivity contribution in [2.24, 2.45) is 0 Å². The van der Waals surface area contributed by atoms with Crippen molar-refractivity contribution in [3.8, 4) is 67.0 Å². The third-order valence-electron chi connectivity index (χ3n) is 18.3. The van der Waals surface area contributed by atoms with E-state index in [1.54, 1.807) is 0 Å². The molecular weight excluding hydrogens is 1080 g/mol. The van der Waals surface area contributed by atoms with Gasteiger partial charge in [0, 0.05) is 54.7 Å². The lowest BCUT2D eigenvalue weighted by Gasteiger charge is -2.36. The fourth-order valence-electron chi connectivity index (χ4n) is 14.4. The lowest BCUT2D eigenvalue weighted by Crippen LogP contribution is -2.74. The van der Waals surface area contributed by atoms with Crippen LogP contribution in [0.2, 0.25) is 0 Å². The van der Waals surface area contributed by atoms with E-state index < -0.39 is 8.07 Å². The monoisotopic (exact) mass is 1140 g/mol. The van der Waals surface area contributed by atoms with Crippen LogP contribution < -0.4 is 20.7 Å². The summed E-state index contributed by atoms with van der Waals surface area (Å²) >= 11 is 0. The van der Waals surface area contributed by atoms with Crippen LogP contribution in [0.4, 0.5) is 0 Å². The highest BCUT2D eigenvalue weighted by Gasteiger charge is 2.43. The standard InChI is InChI=1S/C84H56N2OSi/c1-6-25-57(26-7-1)58-45-49-65(50-46-58)88(63-31-12-4-13-32-63,64-33-14-5-15-34-64)66-55-74(59-27-8-2-9-28-59)84(75(56-66)60-29-10-3-11-30-60)86-79-43-22-19-38-70(79)76-54-62(48-51-80(76)86)85-78-42-21-18-37-69(78)73-41-24-40-72(83(73)85)68-36-17-16-35-67(68)61-47-52-82-77(53-61)71-39-20-23-44-81(71)87-82/h1-56H. The van der Waals surface area contributed by atoms with Gasteiger partial charge in [0.05, 0.1) is 27.8 Å². The van der Waals surface area contributed by atoms with E-state index in [9.17, 15) is 0 Å². The maximum atomic E-state index is 6.32. The maximum absolute atomic E-state index is 6.32. The summed E-state index contributed by atoms with van der Waals surface area (Å²) in [6, 6.07) is 126. The van der Waals surface area contributed by atoms with Gasteiger partial charge >= 0.3 is 0 Å². The first-order chi connectivity index (χ1) is 43.7. The molecule has 412 valence electrons. The first-order valence-electron chi connectivity index (χ1n) is 30.3. The number of hydrogen-bond acceptors (Lipinski definition) is 1. The van der Waals surface area contributed by atoms with E-state index in [2.05, 4.69) is 343 Å². The minimum atomic E-state index is -3.14. The Hall–Kier alpha value is -11.3. The van der Waals surface area contributed by atoms with Gasteiger partial charge in [-0.15, -0.1) is 0 Å². The molecule has 0 radical (unpaired) electrons. The molecule has 0 aliphatic heterocycles. The Bertz CT molecular complexity index is 5370. The molecule has 0 bridgehead atoms. The molecule has 4 heteroatoms. The van der Waals surface area contributed by atoms with Gasteiger partial charge in [-0.25, -0.2) is 0 Å². The number of rotatable bonds is 11. The van der Waals surface area contributed by atoms with Gasteiger partial charge in [0.1, 0.15) is 11.2 Å². The van der Waals surface area contributed by atoms with E-state index >= 15 is 0 Å². The van der Waals surface area contributed by atoms with Crippen molar-refractivity contribution in [3.63, 3.8) is 0 Å². The second-order valence-electron chi connectivity index (χ2n) is 23.0. The number of hydrogen-bond donors (Lipinski definition) is 0. The molecule has 0 spiro atoms. The molecule has 0 unspecified atom stereocenters. The summed E-state index contributed by atoms with van der Waals surface area (Å²) in [5.41, 5.74) is 20.3. The van der Waals surface area contributed by atoms with E-state index in [0.717, 1.165) is 66.6 Å². The third-order valence-corrected chi connectivity index (χ3v) is 23.0. The highest BCUT2D eigenvalue weighted by atomic mass is 28.3. The normalized spacial score (nSPS) is 11.9. The SMILES string of the molecule is c1ccc(-c2ccc([Si](c3ccccc3)(c3ccccc3)c3cc(-c4ccccc4)c(-n4c5ccccc5c5cc(-n6c7ccccc7c7cccc(-c8ccccc8-c8ccc9oc%10ccccc%10c9c8)c76)ccc54)c(-c4ccccc4)c3)cc2)cc1. The molecule has 0 N–H and O–H groups in total. The van der Waals surface area contributed by atoms with Gasteiger partial charge < -0.3 is 13.6 Å². The van der Waals surface area contributed by atoms with Crippen molar-refractivity contribution in [1.82, 2.24) is 9.13 Å². The summed E-state index contributed by atoms with van der Waals surface area (Å²) < 4.78 is 11.4. The first-order valence-corrected chi connectivity index (χ1v) is 32.3. The summed E-state index contributed by atoms with van der Waals surface area (Å²) in [4.78, 5) is 0. The van der Waals surface area contributed by atoms with Gasteiger partial charge in [-0.3, -0.25) is 0 Å². The zero-order valence-electron chi connectivity index (χ0n) is 48.1. The molecule has 0 amide bonds. The average Bonchev–Trinajstić information content (AvgIpc) is 2.73. The molecule has 0 aliphatic carbocycles. The minimum Gasteiger partial charge on any atom is -0.456 e. The minimum absolute atomic E-state index is 0.891. The van der Waals surface area contributed by atoms with Crippen molar-refractivity contribution in [2.75, 3.05) is 0 Å². The highest BCUT2D eigenvalue weighted by molar-refractivity contribution is 7.20. The van der Waals surface area contributed by atoms with Crippen LogP contribution in [-0.4, -0.2) is 17.2 Å². The molecule has 0 fully saturated rings. The average molecular weight is 1140 g/mol. The quantitative estimate of drug-likeness (QED) is 0.0935. The molecule has 0 atom stereocenters. The Morgan fingerprint density at radius 2 is 0.682 bits per heavy atom. The van der Waals surface area contributed by atoms with Crippen molar-refractivity contribution >= 4 is 94.4 Å². The van der Waals surface area contributed by atoms with Crippen LogP contribution in [-0.2, 0) is 0 Å². The molecule has 0 aliphatic rings. The Balaban J connectivity index is 0.921. The van der Waals surface area contributed by atoms with E-state index in [-0.39, 0.29) is 0 Å². The molecule has 3 nitrogen and oxygen atoms in total. The van der Waals surface area contributed by atoms with Gasteiger partial charge in [0.2, 0.25) is 0 Å². The van der Waals surface area contributed by atoms with Crippen molar-refractivity contribution < 1.29 is 4.42 Å². The van der Waals surface area contributed by atoms with Gasteiger partial charge in [0.15, 0.2) is 8.07 Å². The van der Waals surface area contributed by atoms with Crippen LogP contribution in [0.1, 0.15) is 0 Å². The molecule has 3 aromatic heterocycles. The lowest BCUT2D eigenvalue weighted by atomic mass is 9.92. The van der Waals surface area contributed by atoms with E-state index in [4.69, 9.17) is 4.42 Å². The van der Waals surface area contributed by atoms with Crippen LogP contribution in [0.15, 0.2) is 344 Å². The lowest BCUT2D eigenvalue weighted by molar-refractivity contribution is 0.669. The molecule has 14 aromatic carbocycles. The predicted molar refractivity (Wildman–Crippen MR) is 373 cm³/mol. The summed E-state index contributed by atoms with van der Waals surface area (Å²) in [6.45, 7) is 0. The zero-order valence-corrected chi connectivity index (χ0v) is 49.1. The summed E-state index contributed by atoms with van der Waals surface area (Å²) in [5.74, 6) is 0. The number of benzene rings is 14. The molecule has 88 heavy (non-hydrogen) atoms. The second kappa shape index (κ2) is 21.0. The topological polar surface area (TPSA) is 23.0 Å². The first kappa shape index (κ1) is 51.1. The molecule has 17 aromatic rings. The molecule has 0 saturated heterocycles. The van der Waals surface area contributed by atoms with E-state index in [1.807, 2.05) is 6.07 Å². The Labute approximate surface area is 511 Å². The molecule has 3 heterocycles. The summed E-state index contributed by atoms with van der Waals surface area (Å²) in [7, 11) is -3.14. The van der Waals surface area contributed by atoms with Crippen LogP contribution in [0.5, 0.6) is 0 Å². The largest absolute Gasteiger partial charge is 0.456 e. The zero-order chi connectivity index (χ0) is 58.1. The van der Waals surface area contributed by atoms with Crippen LogP contribution in [0.25, 0.3) is 133 Å². The van der Waals surface area contributed by atoms with Crippen molar-refractivity contribution in [3.05, 3.63) is 340 Å². The smallest absolute Gasteiger partial charge is 0.179 e. The van der Waals surface area contributed by atoms with Crippen LogP contribution in [0.3, 0.4) is 0 Å². The Morgan fingerprint density at radius 3 is 1.33 bits per heavy atom. The number of nitrogens with zero attached hydrogens (tertiary/aromatic N) is 2. The third kappa shape index (κ3) is 8.18. The second-order valence-corrected chi connectivity index (χ2v) is 26.8. The van der Waals surface area contributed by atoms with Crippen LogP contribution in [0, 0.1) is 0 Å². The van der Waals surface area contributed by atoms with Gasteiger partial charge in [0.25, 0.3) is 0 Å². The van der Waals surface area contributed by atoms with E-state index in [0.29, 0.717) is 0 Å². The Kier molecular flexibility index (Phi) is 12.2. The summed E-state index contributed by atoms with van der Waals surface area (Å²) in [5, 5.41) is 12.3. The van der Waals surface area contributed by atoms with Crippen molar-refractivity contribution in [1.29, 1.82) is 0 Å². The number of para-hydroxylation sites is 4. The number of furan rings is 1. The number of fused-ring (bicyclic) bond motifs is 9. The molecule has 0 saturated carbocycles. The van der Waals surface area contributed by atoms with Gasteiger partial charge in [-0.05, 0) is 108 Å². The van der Waals surface area contributed by atoms with Gasteiger partial charge in [-0.2, -0.15) is 0 Å². The highest BCUT2D eigenvalue weighted by Crippen LogP contribution is 2.46. The van der Waals surface area contributed by atoms with E-state index in [1.165, 1.54) is 86.8 Å². The summed E-state index contributed by atoms with van der Waals surface area (Å²) in [6.07, 6.45) is 0. The molecular formula is C84H56N2OSi. The fourth-order valence-corrected chi connectivity index (χ4v) is 19.2. The maximum Gasteiger partial charge on any atom is 0.179 e. The van der Waals surface area contributed by atoms with Gasteiger partial charge in [-0.1, -0.05) is 291 Å². The van der Waals surface area contributed by atoms with Crippen LogP contribution >= 0.6 is 0 Å². The predicted octanol–water partition coefficient (Wildman–Crippen LogP) is 19.5. The van der Waals surface area contributed by atoms with Crippen molar-refractivity contribution in [2.45, 2.75) is 0 Å². The number of aromatic nitrogens is 2. The molecule has 17 rings (SSSR count). The fraction of sp³-hybridized carbons (Fsp3) is 0. The Morgan fingerprint density at radius 1 is 0.227 bits per heavy atom.